The molecule has 19 heavy (non-hydrogen) atoms. The Morgan fingerprint density at radius 1 is 1.42 bits per heavy atom. The lowest BCUT2D eigenvalue weighted by molar-refractivity contribution is -0.109. The highest BCUT2D eigenvalue weighted by Gasteiger charge is 2.21. The van der Waals surface area contributed by atoms with Crippen LogP contribution in [0.4, 0.5) is 4.79 Å². The van der Waals surface area contributed by atoms with Crippen molar-refractivity contribution in [2.45, 2.75) is 39.3 Å². The number of carbonyl (C=O) groups is 2. The van der Waals surface area contributed by atoms with E-state index in [1.807, 2.05) is 19.1 Å². The highest BCUT2D eigenvalue weighted by Crippen LogP contribution is 2.21. The molecule has 0 aliphatic rings. The van der Waals surface area contributed by atoms with Gasteiger partial charge in [0.05, 0.1) is 0 Å². The van der Waals surface area contributed by atoms with E-state index in [1.165, 1.54) is 0 Å². The number of alkyl carbamates (subject to hydrolysis) is 1. The van der Waals surface area contributed by atoms with Crippen molar-refractivity contribution in [3.63, 3.8) is 0 Å². The summed E-state index contributed by atoms with van der Waals surface area (Å²) < 4.78 is 6.06. The molecule has 1 rings (SSSR count). The summed E-state index contributed by atoms with van der Waals surface area (Å²) in [4.78, 5) is 22.8. The molecule has 0 aromatic heterocycles. The molecule has 4 nitrogen and oxygen atoms in total. The third kappa shape index (κ3) is 5.03. The fraction of sp³-hybridized carbons (Fsp3) is 0.429. The first-order chi connectivity index (χ1) is 8.73. The molecule has 0 saturated heterocycles. The SMILES string of the molecule is Cc1cc(Br)ccc1C(C=O)NC(=O)OC(C)(C)C. The monoisotopic (exact) mass is 327 g/mol. The van der Waals surface area contributed by atoms with Crippen molar-refractivity contribution in [3.05, 3.63) is 33.8 Å². The van der Waals surface area contributed by atoms with Gasteiger partial charge in [0, 0.05) is 4.47 Å². The van der Waals surface area contributed by atoms with Crippen LogP contribution in [0.3, 0.4) is 0 Å². The molecule has 1 aromatic carbocycles. The molecule has 0 aliphatic heterocycles. The Kier molecular flexibility index (Phi) is 5.11. The number of amides is 1. The average molecular weight is 328 g/mol. The van der Waals surface area contributed by atoms with Crippen LogP contribution in [0.1, 0.15) is 37.9 Å². The smallest absolute Gasteiger partial charge is 0.408 e. The summed E-state index contributed by atoms with van der Waals surface area (Å²) in [6.45, 7) is 7.20. The second-order valence-electron chi connectivity index (χ2n) is 5.26. The Hall–Kier alpha value is -1.36. The van der Waals surface area contributed by atoms with Crippen LogP contribution in [0.25, 0.3) is 0 Å². The maximum absolute atomic E-state index is 11.7. The van der Waals surface area contributed by atoms with E-state index in [-0.39, 0.29) is 0 Å². The number of halogens is 1. The first kappa shape index (κ1) is 15.7. The van der Waals surface area contributed by atoms with Crippen LogP contribution in [0.5, 0.6) is 0 Å². The van der Waals surface area contributed by atoms with E-state index >= 15 is 0 Å². The normalized spacial score (nSPS) is 12.7. The van der Waals surface area contributed by atoms with E-state index in [0.717, 1.165) is 15.6 Å². The number of hydrogen-bond acceptors (Lipinski definition) is 3. The van der Waals surface area contributed by atoms with Gasteiger partial charge in [0.25, 0.3) is 0 Å². The molecular weight excluding hydrogens is 310 g/mol. The summed E-state index contributed by atoms with van der Waals surface area (Å²) in [6, 6.07) is 4.82. The molecule has 5 heteroatoms. The third-order valence-electron chi connectivity index (χ3n) is 2.38. The number of rotatable bonds is 3. The maximum atomic E-state index is 11.7. The van der Waals surface area contributed by atoms with Crippen molar-refractivity contribution in [2.24, 2.45) is 0 Å². The molecule has 0 saturated carbocycles. The van der Waals surface area contributed by atoms with Crippen molar-refractivity contribution in [1.82, 2.24) is 5.32 Å². The maximum Gasteiger partial charge on any atom is 0.408 e. The van der Waals surface area contributed by atoms with Crippen molar-refractivity contribution in [3.8, 4) is 0 Å². The largest absolute Gasteiger partial charge is 0.444 e. The number of benzene rings is 1. The molecule has 1 aromatic rings. The highest BCUT2D eigenvalue weighted by atomic mass is 79.9. The molecule has 1 amide bonds. The highest BCUT2D eigenvalue weighted by molar-refractivity contribution is 9.10. The quantitative estimate of drug-likeness (QED) is 0.864. The summed E-state index contributed by atoms with van der Waals surface area (Å²) in [5.74, 6) is 0. The zero-order valence-electron chi connectivity index (χ0n) is 11.5. The van der Waals surface area contributed by atoms with Gasteiger partial charge in [-0.05, 0) is 51.0 Å². The molecule has 0 radical (unpaired) electrons. The minimum absolute atomic E-state index is 0.591. The van der Waals surface area contributed by atoms with Crippen LogP contribution < -0.4 is 5.32 Å². The van der Waals surface area contributed by atoms with Gasteiger partial charge < -0.3 is 14.8 Å². The predicted molar refractivity (Wildman–Crippen MR) is 77.1 cm³/mol. The number of aryl methyl sites for hydroxylation is 1. The van der Waals surface area contributed by atoms with Gasteiger partial charge in [-0.3, -0.25) is 0 Å². The van der Waals surface area contributed by atoms with Crippen LogP contribution in [0, 0.1) is 6.92 Å². The van der Waals surface area contributed by atoms with Crippen LogP contribution in [0.2, 0.25) is 0 Å². The van der Waals surface area contributed by atoms with E-state index in [2.05, 4.69) is 21.2 Å². The Balaban J connectivity index is 2.84. The van der Waals surface area contributed by atoms with Gasteiger partial charge in [-0.25, -0.2) is 4.79 Å². The van der Waals surface area contributed by atoms with Gasteiger partial charge in [0.1, 0.15) is 17.9 Å². The van der Waals surface area contributed by atoms with Gasteiger partial charge in [-0.15, -0.1) is 0 Å². The van der Waals surface area contributed by atoms with Crippen molar-refractivity contribution < 1.29 is 14.3 Å². The second kappa shape index (κ2) is 6.19. The number of nitrogens with one attached hydrogen (secondary N) is 1. The Morgan fingerprint density at radius 3 is 2.53 bits per heavy atom. The summed E-state index contributed by atoms with van der Waals surface area (Å²) in [6.07, 6.45) is 0.0899. The van der Waals surface area contributed by atoms with E-state index in [1.54, 1.807) is 26.8 Å². The van der Waals surface area contributed by atoms with Gasteiger partial charge in [-0.1, -0.05) is 22.0 Å². The first-order valence-electron chi connectivity index (χ1n) is 5.94. The molecule has 0 bridgehead atoms. The zero-order chi connectivity index (χ0) is 14.6. The number of hydrogen-bond donors (Lipinski definition) is 1. The molecule has 0 fully saturated rings. The third-order valence-corrected chi connectivity index (χ3v) is 2.87. The van der Waals surface area contributed by atoms with Crippen LogP contribution >= 0.6 is 15.9 Å². The average Bonchev–Trinajstić information content (AvgIpc) is 2.24. The predicted octanol–water partition coefficient (Wildman–Crippen LogP) is 3.52. The van der Waals surface area contributed by atoms with Crippen molar-refractivity contribution in [1.29, 1.82) is 0 Å². The van der Waals surface area contributed by atoms with Crippen molar-refractivity contribution >= 4 is 28.3 Å². The summed E-state index contributed by atoms with van der Waals surface area (Å²) >= 11 is 3.36. The topological polar surface area (TPSA) is 55.4 Å². The van der Waals surface area contributed by atoms with E-state index in [9.17, 15) is 9.59 Å². The second-order valence-corrected chi connectivity index (χ2v) is 6.18. The summed E-state index contributed by atoms with van der Waals surface area (Å²) in [5.41, 5.74) is 1.08. The fourth-order valence-corrected chi connectivity index (χ4v) is 2.08. The van der Waals surface area contributed by atoms with Crippen LogP contribution in [0.15, 0.2) is 22.7 Å². The van der Waals surface area contributed by atoms with Gasteiger partial charge in [-0.2, -0.15) is 0 Å². The molecule has 1 unspecified atom stereocenters. The van der Waals surface area contributed by atoms with Crippen molar-refractivity contribution in [2.75, 3.05) is 0 Å². The summed E-state index contributed by atoms with van der Waals surface area (Å²) in [7, 11) is 0. The van der Waals surface area contributed by atoms with E-state index in [4.69, 9.17) is 4.74 Å². The van der Waals surface area contributed by atoms with E-state index in [0.29, 0.717) is 6.29 Å². The summed E-state index contributed by atoms with van der Waals surface area (Å²) in [5, 5.41) is 2.56. The van der Waals surface area contributed by atoms with E-state index < -0.39 is 17.7 Å². The van der Waals surface area contributed by atoms with Crippen LogP contribution in [-0.2, 0) is 9.53 Å². The standard InChI is InChI=1S/C14H18BrNO3/c1-9-7-10(15)5-6-11(9)12(8-17)16-13(18)19-14(2,3)4/h5-8,12H,1-4H3,(H,16,18). The van der Waals surface area contributed by atoms with Gasteiger partial charge in [0.2, 0.25) is 0 Å². The molecule has 1 atom stereocenters. The molecule has 1 N–H and O–H groups in total. The number of carbonyl (C=O) groups excluding carboxylic acids is 2. The molecule has 0 heterocycles. The molecule has 0 spiro atoms. The Bertz CT molecular complexity index is 480. The zero-order valence-corrected chi connectivity index (χ0v) is 13.1. The first-order valence-corrected chi connectivity index (χ1v) is 6.73. The lowest BCUT2D eigenvalue weighted by Gasteiger charge is -2.22. The van der Waals surface area contributed by atoms with Gasteiger partial charge in [0.15, 0.2) is 0 Å². The fourth-order valence-electron chi connectivity index (χ4n) is 1.61. The molecular formula is C14H18BrNO3. The molecule has 0 aliphatic carbocycles. The lowest BCUT2D eigenvalue weighted by Crippen LogP contribution is -2.35. The molecule has 104 valence electrons. The van der Waals surface area contributed by atoms with Crippen LogP contribution in [-0.4, -0.2) is 18.0 Å². The Labute approximate surface area is 121 Å². The minimum Gasteiger partial charge on any atom is -0.444 e. The number of ether oxygens (including phenoxy) is 1. The lowest BCUT2D eigenvalue weighted by atomic mass is 10.0. The van der Waals surface area contributed by atoms with Gasteiger partial charge >= 0.3 is 6.09 Å². The number of aldehydes is 1. The Morgan fingerprint density at radius 2 is 2.05 bits per heavy atom. The minimum atomic E-state index is -0.706.